The van der Waals surface area contributed by atoms with Crippen molar-refractivity contribution in [2.75, 3.05) is 5.32 Å². The molecule has 5 aromatic rings. The molecule has 1 N–H and O–H groups in total. The van der Waals surface area contributed by atoms with E-state index in [9.17, 15) is 9.59 Å². The van der Waals surface area contributed by atoms with Gasteiger partial charge in [0, 0.05) is 0 Å². The quantitative estimate of drug-likeness (QED) is 0.398. The highest BCUT2D eigenvalue weighted by molar-refractivity contribution is 6.33. The minimum Gasteiger partial charge on any atom is -0.436 e. The van der Waals surface area contributed by atoms with Crippen molar-refractivity contribution in [2.24, 2.45) is 0 Å². The number of nitrogens with one attached hydrogen (secondary N) is 1. The predicted molar refractivity (Wildman–Crippen MR) is 131 cm³/mol. The number of anilines is 1. The number of nitrogens with zero attached hydrogens (tertiary/aromatic N) is 4. The van der Waals surface area contributed by atoms with E-state index in [1.807, 2.05) is 44.2 Å². The lowest BCUT2D eigenvalue weighted by Crippen LogP contribution is -2.28. The lowest BCUT2D eigenvalue weighted by Gasteiger charge is -2.11. The molecule has 2 heterocycles. The van der Waals surface area contributed by atoms with Crippen LogP contribution in [0.1, 0.15) is 11.1 Å². The van der Waals surface area contributed by atoms with Crippen molar-refractivity contribution in [1.82, 2.24) is 19.2 Å². The fourth-order valence-corrected chi connectivity index (χ4v) is 3.85. The largest absolute Gasteiger partial charge is 0.436 e. The van der Waals surface area contributed by atoms with Crippen LogP contribution in [0.4, 0.5) is 5.69 Å². The molecule has 0 aliphatic rings. The molecular formula is C25H20ClN5O3. The van der Waals surface area contributed by atoms with Crippen LogP contribution in [-0.2, 0) is 11.3 Å². The normalized spacial score (nSPS) is 11.1. The van der Waals surface area contributed by atoms with Crippen LogP contribution >= 0.6 is 11.6 Å². The number of rotatable bonds is 5. The zero-order valence-electron chi connectivity index (χ0n) is 18.4. The monoisotopic (exact) mass is 473 g/mol. The number of benzene rings is 3. The Morgan fingerprint density at radius 3 is 2.62 bits per heavy atom. The number of hydrogen-bond acceptors (Lipinski definition) is 5. The first-order chi connectivity index (χ1) is 16.4. The molecule has 0 spiro atoms. The average Bonchev–Trinajstić information content (AvgIpc) is 3.15. The van der Waals surface area contributed by atoms with E-state index in [2.05, 4.69) is 15.4 Å². The number of ether oxygens (including phenoxy) is 1. The van der Waals surface area contributed by atoms with Crippen molar-refractivity contribution in [3.8, 4) is 11.6 Å². The molecule has 8 nitrogen and oxygen atoms in total. The number of carbonyl (C=O) groups is 1. The van der Waals surface area contributed by atoms with E-state index in [1.165, 1.54) is 4.40 Å². The Hall–Kier alpha value is -4.17. The molecule has 0 radical (unpaired) electrons. The van der Waals surface area contributed by atoms with Gasteiger partial charge in [0.05, 0.1) is 21.7 Å². The Morgan fingerprint density at radius 1 is 1.03 bits per heavy atom. The van der Waals surface area contributed by atoms with Crippen molar-refractivity contribution in [3.63, 3.8) is 0 Å². The number of para-hydroxylation sites is 3. The van der Waals surface area contributed by atoms with Crippen LogP contribution in [0.2, 0.25) is 5.02 Å². The van der Waals surface area contributed by atoms with Gasteiger partial charge in [0.2, 0.25) is 11.6 Å². The Balaban J connectivity index is 1.59. The third kappa shape index (κ3) is 3.88. The first kappa shape index (κ1) is 21.7. The molecule has 0 unspecified atom stereocenters. The summed E-state index contributed by atoms with van der Waals surface area (Å²) in [7, 11) is 0. The standard InChI is InChI=1S/C25H20ClN5O3/c1-15-8-7-13-21(16(15)2)34-24-23-29-30(14-22(32)27-18-10-4-3-9-17(18)26)25(33)31(23)20-12-6-5-11-19(20)28-24/h3-13H,14H2,1-2H3,(H,27,32). The molecule has 0 aliphatic heterocycles. The molecular weight excluding hydrogens is 454 g/mol. The van der Waals surface area contributed by atoms with E-state index in [0.717, 1.165) is 15.8 Å². The zero-order valence-corrected chi connectivity index (χ0v) is 19.2. The summed E-state index contributed by atoms with van der Waals surface area (Å²) >= 11 is 6.13. The summed E-state index contributed by atoms with van der Waals surface area (Å²) in [5.41, 5.74) is 3.34. The molecule has 0 bridgehead atoms. The zero-order chi connectivity index (χ0) is 23.8. The lowest BCUT2D eigenvalue weighted by atomic mass is 10.1. The molecule has 9 heteroatoms. The van der Waals surface area contributed by atoms with Gasteiger partial charge in [-0.05, 0) is 55.3 Å². The molecule has 34 heavy (non-hydrogen) atoms. The van der Waals surface area contributed by atoms with Gasteiger partial charge >= 0.3 is 5.69 Å². The Kier molecular flexibility index (Phi) is 5.51. The number of halogens is 1. The number of fused-ring (bicyclic) bond motifs is 3. The van der Waals surface area contributed by atoms with Gasteiger partial charge < -0.3 is 10.1 Å². The van der Waals surface area contributed by atoms with Crippen LogP contribution in [0.3, 0.4) is 0 Å². The third-order valence-corrected chi connectivity index (χ3v) is 5.91. The third-order valence-electron chi connectivity index (χ3n) is 5.58. The number of aryl methyl sites for hydroxylation is 1. The number of amides is 1. The summed E-state index contributed by atoms with van der Waals surface area (Å²) in [6.45, 7) is 3.64. The Morgan fingerprint density at radius 2 is 1.79 bits per heavy atom. The van der Waals surface area contributed by atoms with E-state index >= 15 is 0 Å². The van der Waals surface area contributed by atoms with Crippen LogP contribution in [0, 0.1) is 13.8 Å². The molecule has 3 aromatic carbocycles. The Labute approximate surface area is 199 Å². The van der Waals surface area contributed by atoms with E-state index in [4.69, 9.17) is 16.3 Å². The second-order valence-electron chi connectivity index (χ2n) is 7.83. The maximum absolute atomic E-state index is 13.3. The van der Waals surface area contributed by atoms with Crippen molar-refractivity contribution in [3.05, 3.63) is 93.4 Å². The summed E-state index contributed by atoms with van der Waals surface area (Å²) in [4.78, 5) is 30.6. The maximum Gasteiger partial charge on any atom is 0.351 e. The molecule has 0 aliphatic carbocycles. The minimum atomic E-state index is -0.478. The van der Waals surface area contributed by atoms with Crippen LogP contribution in [-0.4, -0.2) is 25.1 Å². The molecule has 170 valence electrons. The minimum absolute atomic E-state index is 0.176. The molecule has 0 saturated heterocycles. The van der Waals surface area contributed by atoms with Crippen molar-refractivity contribution >= 4 is 39.9 Å². The fraction of sp³-hybridized carbons (Fsp3) is 0.120. The van der Waals surface area contributed by atoms with Gasteiger partial charge in [-0.3, -0.25) is 4.79 Å². The first-order valence-electron chi connectivity index (χ1n) is 10.6. The fourth-order valence-electron chi connectivity index (χ4n) is 3.67. The van der Waals surface area contributed by atoms with E-state index in [-0.39, 0.29) is 18.1 Å². The SMILES string of the molecule is Cc1cccc(Oc2nc3ccccc3n3c(=O)n(CC(=O)Nc4ccccc4Cl)nc23)c1C. The highest BCUT2D eigenvalue weighted by Crippen LogP contribution is 2.29. The van der Waals surface area contributed by atoms with Crippen molar-refractivity contribution in [2.45, 2.75) is 20.4 Å². The van der Waals surface area contributed by atoms with Gasteiger partial charge in [-0.2, -0.15) is 0 Å². The van der Waals surface area contributed by atoms with Gasteiger partial charge in [-0.15, -0.1) is 5.10 Å². The highest BCUT2D eigenvalue weighted by atomic mass is 35.5. The van der Waals surface area contributed by atoms with Gasteiger partial charge in [-0.1, -0.05) is 48.0 Å². The molecule has 0 saturated carbocycles. The second kappa shape index (κ2) is 8.64. The number of hydrogen-bond donors (Lipinski definition) is 1. The molecule has 1 amide bonds. The van der Waals surface area contributed by atoms with Crippen LogP contribution in [0.5, 0.6) is 11.6 Å². The Bertz CT molecular complexity index is 1620. The van der Waals surface area contributed by atoms with E-state index in [1.54, 1.807) is 36.4 Å². The summed E-state index contributed by atoms with van der Waals surface area (Å²) in [6, 6.07) is 19.8. The van der Waals surface area contributed by atoms with E-state index in [0.29, 0.717) is 27.5 Å². The average molecular weight is 474 g/mol. The molecule has 0 atom stereocenters. The van der Waals surface area contributed by atoms with Crippen LogP contribution in [0.25, 0.3) is 16.7 Å². The number of aromatic nitrogens is 4. The summed E-state index contributed by atoms with van der Waals surface area (Å²) in [5, 5.41) is 7.51. The van der Waals surface area contributed by atoms with Crippen LogP contribution < -0.4 is 15.7 Å². The van der Waals surface area contributed by atoms with Gasteiger partial charge in [0.1, 0.15) is 12.3 Å². The first-order valence-corrected chi connectivity index (χ1v) is 11.0. The van der Waals surface area contributed by atoms with Crippen LogP contribution in [0.15, 0.2) is 71.5 Å². The molecule has 0 fully saturated rings. The van der Waals surface area contributed by atoms with Gasteiger partial charge in [0.15, 0.2) is 0 Å². The van der Waals surface area contributed by atoms with Crippen molar-refractivity contribution < 1.29 is 9.53 Å². The van der Waals surface area contributed by atoms with Gasteiger partial charge in [-0.25, -0.2) is 18.9 Å². The second-order valence-corrected chi connectivity index (χ2v) is 8.24. The molecule has 5 rings (SSSR count). The summed E-state index contributed by atoms with van der Waals surface area (Å²) < 4.78 is 8.63. The lowest BCUT2D eigenvalue weighted by molar-refractivity contribution is -0.117. The highest BCUT2D eigenvalue weighted by Gasteiger charge is 2.20. The number of carbonyl (C=O) groups excluding carboxylic acids is 1. The maximum atomic E-state index is 13.3. The summed E-state index contributed by atoms with van der Waals surface area (Å²) in [6.07, 6.45) is 0. The summed E-state index contributed by atoms with van der Waals surface area (Å²) in [5.74, 6) is 0.353. The topological polar surface area (TPSA) is 90.5 Å². The van der Waals surface area contributed by atoms with E-state index < -0.39 is 11.6 Å². The van der Waals surface area contributed by atoms with Gasteiger partial charge in [0.25, 0.3) is 5.88 Å². The van der Waals surface area contributed by atoms with Crippen molar-refractivity contribution in [1.29, 1.82) is 0 Å². The molecule has 2 aromatic heterocycles. The predicted octanol–water partition coefficient (Wildman–Crippen LogP) is 4.75. The smallest absolute Gasteiger partial charge is 0.351 e.